The molecular formula is C31H41NO4. The van der Waals surface area contributed by atoms with Gasteiger partial charge in [0.1, 0.15) is 5.54 Å². The summed E-state index contributed by atoms with van der Waals surface area (Å²) in [5, 5.41) is 22.7. The maximum Gasteiger partial charge on any atom is 0.328 e. The van der Waals surface area contributed by atoms with Gasteiger partial charge in [0.15, 0.2) is 0 Å². The van der Waals surface area contributed by atoms with E-state index < -0.39 is 17.1 Å². The number of carboxylic acid groups (broad SMARTS) is 1. The highest BCUT2D eigenvalue weighted by Crippen LogP contribution is 2.40. The zero-order chi connectivity index (χ0) is 26.7. The van der Waals surface area contributed by atoms with E-state index >= 15 is 0 Å². The van der Waals surface area contributed by atoms with Crippen LogP contribution in [0.4, 0.5) is 0 Å². The Kier molecular flexibility index (Phi) is 8.14. The van der Waals surface area contributed by atoms with Crippen molar-refractivity contribution in [3.8, 4) is 0 Å². The van der Waals surface area contributed by atoms with Gasteiger partial charge in [-0.3, -0.25) is 4.79 Å². The number of carbonyl (C=O) groups is 2. The van der Waals surface area contributed by atoms with Gasteiger partial charge in [0, 0.05) is 11.0 Å². The number of aryl methyl sites for hydroxylation is 2. The van der Waals surface area contributed by atoms with Crippen molar-refractivity contribution in [2.45, 2.75) is 96.6 Å². The van der Waals surface area contributed by atoms with Crippen LogP contribution in [-0.2, 0) is 10.2 Å². The maximum absolute atomic E-state index is 12.8. The van der Waals surface area contributed by atoms with E-state index in [1.165, 1.54) is 25.0 Å². The number of carboxylic acids is 1. The summed E-state index contributed by atoms with van der Waals surface area (Å²) in [6, 6.07) is 12.4. The number of benzene rings is 2. The molecule has 0 spiro atoms. The van der Waals surface area contributed by atoms with Crippen molar-refractivity contribution >= 4 is 18.0 Å². The Morgan fingerprint density at radius 1 is 0.972 bits per heavy atom. The maximum atomic E-state index is 12.8. The second-order valence-electron chi connectivity index (χ2n) is 10.9. The molecule has 1 fully saturated rings. The lowest BCUT2D eigenvalue weighted by Crippen LogP contribution is -2.49. The molecule has 0 aliphatic heterocycles. The molecule has 0 atom stereocenters. The molecule has 36 heavy (non-hydrogen) atoms. The molecule has 0 saturated heterocycles. The van der Waals surface area contributed by atoms with Crippen LogP contribution in [0.3, 0.4) is 0 Å². The van der Waals surface area contributed by atoms with Gasteiger partial charge < -0.3 is 15.5 Å². The van der Waals surface area contributed by atoms with Gasteiger partial charge in [0.2, 0.25) is 0 Å². The minimum Gasteiger partial charge on any atom is -0.480 e. The first-order valence-electron chi connectivity index (χ1n) is 13.1. The molecule has 1 saturated carbocycles. The second kappa shape index (κ2) is 10.6. The molecule has 3 N–H and O–H groups in total. The average Bonchev–Trinajstić information content (AvgIpc) is 3.26. The van der Waals surface area contributed by atoms with Crippen LogP contribution in [0.5, 0.6) is 0 Å². The fourth-order valence-corrected chi connectivity index (χ4v) is 5.41. The van der Waals surface area contributed by atoms with Crippen LogP contribution >= 0.6 is 0 Å². The van der Waals surface area contributed by atoms with Gasteiger partial charge in [-0.1, -0.05) is 69.2 Å². The lowest BCUT2D eigenvalue weighted by Gasteiger charge is -2.34. The highest BCUT2D eigenvalue weighted by molar-refractivity contribution is 5.98. The zero-order valence-corrected chi connectivity index (χ0v) is 22.6. The van der Waals surface area contributed by atoms with Gasteiger partial charge in [0.05, 0.1) is 5.60 Å². The number of aliphatic carboxylic acids is 1. The van der Waals surface area contributed by atoms with Crippen LogP contribution in [0.15, 0.2) is 42.5 Å². The fraction of sp³-hybridized carbons (Fsp3) is 0.484. The van der Waals surface area contributed by atoms with Crippen LogP contribution < -0.4 is 5.32 Å². The molecule has 1 aliphatic carbocycles. The van der Waals surface area contributed by atoms with Gasteiger partial charge in [-0.2, -0.15) is 0 Å². The summed E-state index contributed by atoms with van der Waals surface area (Å²) >= 11 is 0. The molecule has 0 aromatic heterocycles. The number of hydrogen-bond acceptors (Lipinski definition) is 3. The molecule has 5 nitrogen and oxygen atoms in total. The first-order chi connectivity index (χ1) is 16.9. The highest BCUT2D eigenvalue weighted by atomic mass is 16.4. The van der Waals surface area contributed by atoms with Gasteiger partial charge in [0.25, 0.3) is 5.91 Å². The summed E-state index contributed by atoms with van der Waals surface area (Å²) in [5.74, 6) is -1.46. The molecule has 0 bridgehead atoms. The van der Waals surface area contributed by atoms with E-state index in [2.05, 4.69) is 56.4 Å². The van der Waals surface area contributed by atoms with E-state index in [0.29, 0.717) is 5.56 Å². The summed E-state index contributed by atoms with van der Waals surface area (Å²) in [4.78, 5) is 24.3. The number of aliphatic hydroxyl groups is 1. The van der Waals surface area contributed by atoms with Gasteiger partial charge in [-0.05, 0) is 87.3 Å². The first-order valence-corrected chi connectivity index (χ1v) is 13.1. The lowest BCUT2D eigenvalue weighted by atomic mass is 9.69. The summed E-state index contributed by atoms with van der Waals surface area (Å²) in [5.41, 5.74) is 3.72. The molecule has 2 aromatic carbocycles. The summed E-state index contributed by atoms with van der Waals surface area (Å²) in [6.45, 7) is 11.3. The Labute approximate surface area is 215 Å². The van der Waals surface area contributed by atoms with Crippen LogP contribution in [0, 0.1) is 13.8 Å². The molecule has 0 heterocycles. The Bertz CT molecular complexity index is 1150. The van der Waals surface area contributed by atoms with E-state index in [0.717, 1.165) is 55.2 Å². The van der Waals surface area contributed by atoms with Crippen molar-refractivity contribution in [2.24, 2.45) is 0 Å². The molecule has 1 aliphatic rings. The molecular weight excluding hydrogens is 450 g/mol. The standard InChI is InChI=1S/C31H41NO4/c1-7-31(8-2,24-12-11-23(21(3)19-24)15-18-30(36)16-9-10-17-30)25-13-14-26(22(4)20-25)27(33)32-29(5,6)28(34)35/h11-15,18-20,36H,7-10,16-17H2,1-6H3,(H,32,33)(H,34,35). The molecule has 194 valence electrons. The number of amides is 1. The third kappa shape index (κ3) is 5.57. The molecule has 0 radical (unpaired) electrons. The van der Waals surface area contributed by atoms with E-state index in [1.54, 1.807) is 0 Å². The summed E-state index contributed by atoms with van der Waals surface area (Å²) in [6.07, 6.45) is 9.63. The SMILES string of the molecule is CCC(CC)(c1ccc(C=CC2(O)CCCC2)c(C)c1)c1ccc(C(=O)NC(C)(C)C(=O)O)c(C)c1. The van der Waals surface area contributed by atoms with Gasteiger partial charge in [-0.15, -0.1) is 0 Å². The molecule has 5 heteroatoms. The Balaban J connectivity index is 1.93. The lowest BCUT2D eigenvalue weighted by molar-refractivity contribution is -0.143. The van der Waals surface area contributed by atoms with E-state index in [4.69, 9.17) is 0 Å². The van der Waals surface area contributed by atoms with Crippen molar-refractivity contribution in [1.82, 2.24) is 5.32 Å². The smallest absolute Gasteiger partial charge is 0.328 e. The number of nitrogens with one attached hydrogen (secondary N) is 1. The monoisotopic (exact) mass is 491 g/mol. The quantitative estimate of drug-likeness (QED) is 0.383. The Morgan fingerprint density at radius 3 is 2.03 bits per heavy atom. The van der Waals surface area contributed by atoms with E-state index in [9.17, 15) is 19.8 Å². The molecule has 2 aromatic rings. The molecule has 1 amide bonds. The number of hydrogen-bond donors (Lipinski definition) is 3. The third-order valence-electron chi connectivity index (χ3n) is 8.06. The topological polar surface area (TPSA) is 86.6 Å². The van der Waals surface area contributed by atoms with Crippen molar-refractivity contribution in [2.75, 3.05) is 0 Å². The van der Waals surface area contributed by atoms with Crippen molar-refractivity contribution < 1.29 is 19.8 Å². The predicted molar refractivity (Wildman–Crippen MR) is 145 cm³/mol. The average molecular weight is 492 g/mol. The largest absolute Gasteiger partial charge is 0.480 e. The summed E-state index contributed by atoms with van der Waals surface area (Å²) in [7, 11) is 0. The summed E-state index contributed by atoms with van der Waals surface area (Å²) < 4.78 is 0. The van der Waals surface area contributed by atoms with Crippen LogP contribution in [0.2, 0.25) is 0 Å². The Hall–Kier alpha value is -2.92. The van der Waals surface area contributed by atoms with Gasteiger partial charge >= 0.3 is 5.97 Å². The molecule has 3 rings (SSSR count). The van der Waals surface area contributed by atoms with Crippen molar-refractivity contribution in [1.29, 1.82) is 0 Å². The minimum absolute atomic E-state index is 0.212. The first kappa shape index (κ1) is 27.7. The van der Waals surface area contributed by atoms with Gasteiger partial charge in [-0.25, -0.2) is 4.79 Å². The van der Waals surface area contributed by atoms with E-state index in [1.807, 2.05) is 25.1 Å². The van der Waals surface area contributed by atoms with Crippen LogP contribution in [0.1, 0.15) is 104 Å². The van der Waals surface area contributed by atoms with Crippen molar-refractivity contribution in [3.05, 3.63) is 75.9 Å². The Morgan fingerprint density at radius 2 is 1.53 bits per heavy atom. The van der Waals surface area contributed by atoms with Crippen LogP contribution in [0.25, 0.3) is 6.08 Å². The highest BCUT2D eigenvalue weighted by Gasteiger charge is 2.33. The van der Waals surface area contributed by atoms with Crippen LogP contribution in [-0.4, -0.2) is 33.2 Å². The second-order valence-corrected chi connectivity index (χ2v) is 10.9. The normalized spacial score (nSPS) is 15.9. The number of rotatable bonds is 9. The predicted octanol–water partition coefficient (Wildman–Crippen LogP) is 6.32. The van der Waals surface area contributed by atoms with Crippen molar-refractivity contribution in [3.63, 3.8) is 0 Å². The minimum atomic E-state index is -1.35. The third-order valence-corrected chi connectivity index (χ3v) is 8.06. The molecule has 0 unspecified atom stereocenters. The number of carbonyl (C=O) groups excluding carboxylic acids is 1. The fourth-order valence-electron chi connectivity index (χ4n) is 5.41. The van der Waals surface area contributed by atoms with E-state index in [-0.39, 0.29) is 11.3 Å². The zero-order valence-electron chi connectivity index (χ0n) is 22.6.